The highest BCUT2D eigenvalue weighted by atomic mass is 79.9. The van der Waals surface area contributed by atoms with Gasteiger partial charge < -0.3 is 9.47 Å². The van der Waals surface area contributed by atoms with E-state index in [0.717, 1.165) is 15.6 Å². The van der Waals surface area contributed by atoms with Gasteiger partial charge in [-0.15, -0.1) is 0 Å². The van der Waals surface area contributed by atoms with Crippen LogP contribution >= 0.6 is 15.9 Å². The standard InChI is InChI=1S/C18H19BrO3/c1-11(2)21-17-9-8-14(10-15(17)19)18(20)22-16-7-5-6-12(3)13(16)4/h5-11H,1-4H3. The van der Waals surface area contributed by atoms with Crippen molar-refractivity contribution >= 4 is 21.9 Å². The van der Waals surface area contributed by atoms with E-state index in [1.54, 1.807) is 24.3 Å². The number of ether oxygens (including phenoxy) is 2. The number of halogens is 1. The fraction of sp³-hybridized carbons (Fsp3) is 0.278. The van der Waals surface area contributed by atoms with Gasteiger partial charge in [0.2, 0.25) is 0 Å². The SMILES string of the molecule is Cc1cccc(OC(=O)c2ccc(OC(C)C)c(Br)c2)c1C. The van der Waals surface area contributed by atoms with E-state index in [2.05, 4.69) is 15.9 Å². The topological polar surface area (TPSA) is 35.5 Å². The molecule has 4 heteroatoms. The fourth-order valence-corrected chi connectivity index (χ4v) is 2.44. The molecular weight excluding hydrogens is 344 g/mol. The third kappa shape index (κ3) is 3.89. The molecule has 2 aromatic carbocycles. The first-order chi connectivity index (χ1) is 10.4. The van der Waals surface area contributed by atoms with Crippen molar-refractivity contribution in [2.45, 2.75) is 33.8 Å². The Labute approximate surface area is 139 Å². The second kappa shape index (κ2) is 6.97. The normalized spacial score (nSPS) is 10.6. The van der Waals surface area contributed by atoms with Crippen LogP contribution in [0, 0.1) is 13.8 Å². The Morgan fingerprint density at radius 1 is 1.09 bits per heavy atom. The zero-order chi connectivity index (χ0) is 16.3. The predicted molar refractivity (Wildman–Crippen MR) is 90.8 cm³/mol. The van der Waals surface area contributed by atoms with Crippen molar-refractivity contribution < 1.29 is 14.3 Å². The van der Waals surface area contributed by atoms with Gasteiger partial charge in [-0.2, -0.15) is 0 Å². The minimum absolute atomic E-state index is 0.0732. The van der Waals surface area contributed by atoms with E-state index >= 15 is 0 Å². The first-order valence-corrected chi connectivity index (χ1v) is 7.92. The molecule has 0 saturated carbocycles. The van der Waals surface area contributed by atoms with Crippen molar-refractivity contribution in [1.29, 1.82) is 0 Å². The van der Waals surface area contributed by atoms with E-state index in [4.69, 9.17) is 9.47 Å². The summed E-state index contributed by atoms with van der Waals surface area (Å²) in [5, 5.41) is 0. The Kier molecular flexibility index (Phi) is 5.24. The van der Waals surface area contributed by atoms with Crippen LogP contribution in [0.4, 0.5) is 0 Å². The van der Waals surface area contributed by atoms with E-state index in [1.807, 2.05) is 39.8 Å². The highest BCUT2D eigenvalue weighted by molar-refractivity contribution is 9.10. The van der Waals surface area contributed by atoms with Crippen LogP contribution in [0.15, 0.2) is 40.9 Å². The molecule has 0 atom stereocenters. The first kappa shape index (κ1) is 16.6. The zero-order valence-electron chi connectivity index (χ0n) is 13.1. The number of carbonyl (C=O) groups is 1. The van der Waals surface area contributed by atoms with E-state index in [9.17, 15) is 4.79 Å². The molecule has 0 aliphatic heterocycles. The molecule has 3 nitrogen and oxygen atoms in total. The second-order valence-corrected chi connectivity index (χ2v) is 6.25. The van der Waals surface area contributed by atoms with Gasteiger partial charge in [-0.05, 0) is 79.0 Å². The predicted octanol–water partition coefficient (Wildman–Crippen LogP) is 5.07. The molecule has 0 amide bonds. The van der Waals surface area contributed by atoms with Gasteiger partial charge in [-0.25, -0.2) is 4.79 Å². The van der Waals surface area contributed by atoms with Gasteiger partial charge in [-0.3, -0.25) is 0 Å². The minimum atomic E-state index is -0.384. The fourth-order valence-electron chi connectivity index (χ4n) is 1.97. The summed E-state index contributed by atoms with van der Waals surface area (Å²) in [6, 6.07) is 10.8. The largest absolute Gasteiger partial charge is 0.490 e. The minimum Gasteiger partial charge on any atom is -0.490 e. The Morgan fingerprint density at radius 2 is 1.82 bits per heavy atom. The van der Waals surface area contributed by atoms with Gasteiger partial charge in [-0.1, -0.05) is 12.1 Å². The summed E-state index contributed by atoms with van der Waals surface area (Å²) in [7, 11) is 0. The lowest BCUT2D eigenvalue weighted by atomic mass is 10.1. The highest BCUT2D eigenvalue weighted by Gasteiger charge is 2.13. The summed E-state index contributed by atoms with van der Waals surface area (Å²) in [4.78, 5) is 12.3. The highest BCUT2D eigenvalue weighted by Crippen LogP contribution is 2.28. The maximum Gasteiger partial charge on any atom is 0.343 e. The van der Waals surface area contributed by atoms with Crippen molar-refractivity contribution in [3.05, 3.63) is 57.6 Å². The number of hydrogen-bond donors (Lipinski definition) is 0. The number of aryl methyl sites for hydroxylation is 1. The third-order valence-corrected chi connectivity index (χ3v) is 3.91. The maximum atomic E-state index is 12.3. The molecular formula is C18H19BrO3. The van der Waals surface area contributed by atoms with Crippen molar-refractivity contribution in [2.24, 2.45) is 0 Å². The molecule has 0 aromatic heterocycles. The van der Waals surface area contributed by atoms with Crippen LogP contribution < -0.4 is 9.47 Å². The van der Waals surface area contributed by atoms with E-state index in [-0.39, 0.29) is 12.1 Å². The van der Waals surface area contributed by atoms with E-state index in [1.165, 1.54) is 0 Å². The molecule has 0 unspecified atom stereocenters. The van der Waals surface area contributed by atoms with Gasteiger partial charge >= 0.3 is 5.97 Å². The summed E-state index contributed by atoms with van der Waals surface area (Å²) < 4.78 is 11.9. The van der Waals surface area contributed by atoms with Crippen LogP contribution in [0.5, 0.6) is 11.5 Å². The summed E-state index contributed by atoms with van der Waals surface area (Å²) in [5.74, 6) is 0.910. The average molecular weight is 363 g/mol. The number of hydrogen-bond acceptors (Lipinski definition) is 3. The molecule has 116 valence electrons. The van der Waals surface area contributed by atoms with E-state index in [0.29, 0.717) is 17.1 Å². The summed E-state index contributed by atoms with van der Waals surface area (Å²) in [5.41, 5.74) is 2.53. The van der Waals surface area contributed by atoms with Crippen LogP contribution in [0.3, 0.4) is 0 Å². The molecule has 2 rings (SSSR count). The molecule has 2 aromatic rings. The average Bonchev–Trinajstić information content (AvgIpc) is 2.45. The monoisotopic (exact) mass is 362 g/mol. The zero-order valence-corrected chi connectivity index (χ0v) is 14.7. The molecule has 0 N–H and O–H groups in total. The lowest BCUT2D eigenvalue weighted by Gasteiger charge is -2.13. The van der Waals surface area contributed by atoms with Gasteiger partial charge in [0.25, 0.3) is 0 Å². The van der Waals surface area contributed by atoms with Crippen LogP contribution in [-0.4, -0.2) is 12.1 Å². The molecule has 0 aliphatic rings. The van der Waals surface area contributed by atoms with Crippen molar-refractivity contribution in [1.82, 2.24) is 0 Å². The maximum absolute atomic E-state index is 12.3. The Bertz CT molecular complexity index is 693. The summed E-state index contributed by atoms with van der Waals surface area (Å²) in [6.45, 7) is 7.83. The smallest absolute Gasteiger partial charge is 0.343 e. The van der Waals surface area contributed by atoms with Crippen LogP contribution in [0.1, 0.15) is 35.3 Å². The lowest BCUT2D eigenvalue weighted by Crippen LogP contribution is -2.10. The Hall–Kier alpha value is -1.81. The number of esters is 1. The van der Waals surface area contributed by atoms with Gasteiger partial charge in [0.15, 0.2) is 0 Å². The Morgan fingerprint density at radius 3 is 2.45 bits per heavy atom. The number of benzene rings is 2. The molecule has 22 heavy (non-hydrogen) atoms. The lowest BCUT2D eigenvalue weighted by molar-refractivity contribution is 0.0733. The third-order valence-electron chi connectivity index (χ3n) is 3.29. The van der Waals surface area contributed by atoms with Crippen molar-refractivity contribution in [2.75, 3.05) is 0 Å². The first-order valence-electron chi connectivity index (χ1n) is 7.13. The Balaban J connectivity index is 2.19. The number of carbonyl (C=O) groups excluding carboxylic acids is 1. The molecule has 0 aliphatic carbocycles. The van der Waals surface area contributed by atoms with Crippen molar-refractivity contribution in [3.63, 3.8) is 0 Å². The van der Waals surface area contributed by atoms with Crippen LogP contribution in [0.25, 0.3) is 0 Å². The number of rotatable bonds is 4. The second-order valence-electron chi connectivity index (χ2n) is 5.40. The van der Waals surface area contributed by atoms with Crippen LogP contribution in [0.2, 0.25) is 0 Å². The molecule has 0 heterocycles. The molecule has 0 saturated heterocycles. The molecule has 0 bridgehead atoms. The summed E-state index contributed by atoms with van der Waals surface area (Å²) >= 11 is 3.42. The van der Waals surface area contributed by atoms with E-state index < -0.39 is 0 Å². The van der Waals surface area contributed by atoms with Gasteiger partial charge in [0.1, 0.15) is 11.5 Å². The van der Waals surface area contributed by atoms with Crippen molar-refractivity contribution in [3.8, 4) is 11.5 Å². The van der Waals surface area contributed by atoms with Gasteiger partial charge in [0, 0.05) is 0 Å². The van der Waals surface area contributed by atoms with Gasteiger partial charge in [0.05, 0.1) is 16.1 Å². The summed E-state index contributed by atoms with van der Waals surface area (Å²) in [6.07, 6.45) is 0.0732. The van der Waals surface area contributed by atoms with Crippen LogP contribution in [-0.2, 0) is 0 Å². The molecule has 0 spiro atoms. The molecule has 0 radical (unpaired) electrons. The molecule has 0 fully saturated rings. The quantitative estimate of drug-likeness (QED) is 0.562.